The normalized spacial score (nSPS) is 13.7. The number of carbonyl (C=O) groups excluding carboxylic acids is 1. The van der Waals surface area contributed by atoms with Crippen molar-refractivity contribution in [2.24, 2.45) is 0 Å². The zero-order valence-electron chi connectivity index (χ0n) is 14.4. The van der Waals surface area contributed by atoms with Crippen LogP contribution in [0.25, 0.3) is 0 Å². The molecule has 0 radical (unpaired) electrons. The summed E-state index contributed by atoms with van der Waals surface area (Å²) in [7, 11) is 1.56. The average Bonchev–Trinajstić information content (AvgIpc) is 2.64. The van der Waals surface area contributed by atoms with Crippen LogP contribution < -0.4 is 10.2 Å². The van der Waals surface area contributed by atoms with E-state index >= 15 is 0 Å². The highest BCUT2D eigenvalue weighted by Crippen LogP contribution is 2.30. The Morgan fingerprint density at radius 1 is 1.19 bits per heavy atom. The van der Waals surface area contributed by atoms with Gasteiger partial charge in [-0.25, -0.2) is 4.98 Å². The molecule has 1 N–H and O–H groups in total. The van der Waals surface area contributed by atoms with Gasteiger partial charge in [0.1, 0.15) is 5.82 Å². The fourth-order valence-corrected chi connectivity index (χ4v) is 2.93. The van der Waals surface area contributed by atoms with E-state index in [9.17, 15) is 18.0 Å². The zero-order valence-corrected chi connectivity index (χ0v) is 14.4. The molecule has 26 heavy (non-hydrogen) atoms. The summed E-state index contributed by atoms with van der Waals surface area (Å²) >= 11 is 0. The van der Waals surface area contributed by atoms with Crippen molar-refractivity contribution >= 4 is 17.4 Å². The van der Waals surface area contributed by atoms with Gasteiger partial charge in [0.05, 0.1) is 5.56 Å². The van der Waals surface area contributed by atoms with E-state index in [1.54, 1.807) is 7.05 Å². The Hall–Kier alpha value is -2.57. The summed E-state index contributed by atoms with van der Waals surface area (Å²) in [5.74, 6) is 0.717. The van der Waals surface area contributed by atoms with Crippen LogP contribution in [0.4, 0.5) is 24.7 Å². The monoisotopic (exact) mass is 363 g/mol. The van der Waals surface area contributed by atoms with Crippen LogP contribution in [0.3, 0.4) is 0 Å². The highest BCUT2D eigenvalue weighted by molar-refractivity contribution is 5.92. The minimum atomic E-state index is -4.38. The van der Waals surface area contributed by atoms with E-state index in [-0.39, 0.29) is 12.3 Å². The molecule has 0 fully saturated rings. The number of aryl methyl sites for hydroxylation is 2. The maximum absolute atomic E-state index is 12.6. The zero-order chi connectivity index (χ0) is 18.7. The van der Waals surface area contributed by atoms with Gasteiger partial charge in [-0.15, -0.1) is 0 Å². The van der Waals surface area contributed by atoms with Crippen LogP contribution in [0.2, 0.25) is 0 Å². The molecule has 0 saturated carbocycles. The number of nitrogens with zero attached hydrogens (tertiary/aromatic N) is 2. The molecule has 1 aliphatic rings. The van der Waals surface area contributed by atoms with Gasteiger partial charge in [-0.2, -0.15) is 13.2 Å². The van der Waals surface area contributed by atoms with E-state index < -0.39 is 11.7 Å². The number of aromatic nitrogens is 1. The molecule has 3 rings (SSSR count). The molecule has 2 aromatic rings. The fourth-order valence-electron chi connectivity index (χ4n) is 2.93. The maximum Gasteiger partial charge on any atom is 0.416 e. The third-order valence-electron chi connectivity index (χ3n) is 4.50. The predicted octanol–water partition coefficient (Wildman–Crippen LogP) is 4.05. The Labute approximate surface area is 150 Å². The van der Waals surface area contributed by atoms with Crippen molar-refractivity contribution in [3.8, 4) is 0 Å². The number of fused-ring (bicyclic) bond motifs is 1. The highest BCUT2D eigenvalue weighted by Gasteiger charge is 2.30. The van der Waals surface area contributed by atoms with Gasteiger partial charge in [0.25, 0.3) is 0 Å². The third kappa shape index (κ3) is 4.15. The smallest absolute Gasteiger partial charge is 0.370 e. The number of halogens is 3. The van der Waals surface area contributed by atoms with Crippen molar-refractivity contribution in [1.29, 1.82) is 0 Å². The maximum atomic E-state index is 12.6. The Morgan fingerprint density at radius 2 is 1.92 bits per heavy atom. The third-order valence-corrected chi connectivity index (χ3v) is 4.50. The van der Waals surface area contributed by atoms with E-state index in [4.69, 9.17) is 0 Å². The first kappa shape index (κ1) is 18.2. The van der Waals surface area contributed by atoms with Crippen LogP contribution in [0.1, 0.15) is 29.7 Å². The van der Waals surface area contributed by atoms with Crippen molar-refractivity contribution in [3.63, 3.8) is 0 Å². The predicted molar refractivity (Wildman–Crippen MR) is 94.2 cm³/mol. The number of benzene rings is 1. The number of hydrogen-bond donors (Lipinski definition) is 1. The van der Waals surface area contributed by atoms with Gasteiger partial charge in [-0.3, -0.25) is 4.79 Å². The Balaban J connectivity index is 1.61. The van der Waals surface area contributed by atoms with Crippen molar-refractivity contribution in [2.75, 3.05) is 23.8 Å². The van der Waals surface area contributed by atoms with Gasteiger partial charge in [-0.1, -0.05) is 6.07 Å². The first-order chi connectivity index (χ1) is 12.3. The fraction of sp³-hybridized carbons (Fsp3) is 0.368. The minimum Gasteiger partial charge on any atom is -0.370 e. The first-order valence-electron chi connectivity index (χ1n) is 8.51. The summed E-state index contributed by atoms with van der Waals surface area (Å²) in [5.41, 5.74) is 1.72. The van der Waals surface area contributed by atoms with Gasteiger partial charge >= 0.3 is 6.18 Å². The molecule has 0 aliphatic carbocycles. The lowest BCUT2D eigenvalue weighted by atomic mass is 10.1. The number of nitrogens with one attached hydrogen (secondary N) is 1. The number of pyridine rings is 1. The number of hydrogen-bond acceptors (Lipinski definition) is 3. The molecule has 0 atom stereocenters. The number of anilines is 2. The van der Waals surface area contributed by atoms with Crippen molar-refractivity contribution in [2.45, 2.75) is 31.9 Å². The molecule has 0 saturated heterocycles. The molecule has 4 nitrogen and oxygen atoms in total. The summed E-state index contributed by atoms with van der Waals surface area (Å²) in [4.78, 5) is 18.3. The average molecular weight is 363 g/mol. The summed E-state index contributed by atoms with van der Waals surface area (Å²) in [6.45, 7) is 0.902. The molecular weight excluding hydrogens is 343 g/mol. The van der Waals surface area contributed by atoms with Crippen LogP contribution in [-0.2, 0) is 23.8 Å². The summed E-state index contributed by atoms with van der Waals surface area (Å²) in [6, 6.07) is 8.54. The van der Waals surface area contributed by atoms with E-state index in [2.05, 4.69) is 10.3 Å². The van der Waals surface area contributed by atoms with Crippen LogP contribution in [-0.4, -0.2) is 24.5 Å². The molecule has 2 heterocycles. The van der Waals surface area contributed by atoms with E-state index in [0.29, 0.717) is 12.1 Å². The van der Waals surface area contributed by atoms with Crippen LogP contribution in [0, 0.1) is 0 Å². The van der Waals surface area contributed by atoms with Crippen molar-refractivity contribution in [3.05, 3.63) is 53.2 Å². The van der Waals surface area contributed by atoms with Crippen molar-refractivity contribution < 1.29 is 18.0 Å². The van der Waals surface area contributed by atoms with Gasteiger partial charge < -0.3 is 10.2 Å². The second kappa shape index (κ2) is 7.35. The Kier molecular flexibility index (Phi) is 5.15. The van der Waals surface area contributed by atoms with Gasteiger partial charge in [0.15, 0.2) is 0 Å². The number of rotatable bonds is 4. The van der Waals surface area contributed by atoms with E-state index in [1.165, 1.54) is 22.6 Å². The second-order valence-corrected chi connectivity index (χ2v) is 6.34. The highest BCUT2D eigenvalue weighted by atomic mass is 19.4. The van der Waals surface area contributed by atoms with E-state index in [0.717, 1.165) is 43.0 Å². The second-order valence-electron chi connectivity index (χ2n) is 6.34. The van der Waals surface area contributed by atoms with E-state index in [1.807, 2.05) is 12.1 Å². The molecule has 0 spiro atoms. The SMILES string of the molecule is CN(C(=O)CCc1ccc2c(n1)NCCC2)c1ccc(C(F)(F)F)cc1. The summed E-state index contributed by atoms with van der Waals surface area (Å²) < 4.78 is 37.8. The number of amides is 1. The quantitative estimate of drug-likeness (QED) is 0.891. The number of carbonyl (C=O) groups is 1. The molecule has 1 aromatic heterocycles. The molecule has 0 bridgehead atoms. The van der Waals surface area contributed by atoms with Gasteiger partial charge in [-0.05, 0) is 55.2 Å². The standard InChI is InChI=1S/C19H20F3N3O/c1-25(16-9-5-14(6-10-16)19(20,21)22)17(26)11-8-15-7-4-13-3-2-12-23-18(13)24-15/h4-7,9-10H,2-3,8,11-12H2,1H3,(H,23,24). The molecule has 1 amide bonds. The van der Waals surface area contributed by atoms with Crippen LogP contribution >= 0.6 is 0 Å². The van der Waals surface area contributed by atoms with Gasteiger partial charge in [0, 0.05) is 31.4 Å². The first-order valence-corrected chi connectivity index (χ1v) is 8.51. The number of alkyl halides is 3. The Bertz CT molecular complexity index is 788. The molecular formula is C19H20F3N3O. The van der Waals surface area contributed by atoms with Crippen LogP contribution in [0.15, 0.2) is 36.4 Å². The summed E-state index contributed by atoms with van der Waals surface area (Å²) in [6.07, 6.45) is -1.56. The molecule has 138 valence electrons. The molecule has 7 heteroatoms. The topological polar surface area (TPSA) is 45.2 Å². The van der Waals surface area contributed by atoms with Crippen LogP contribution in [0.5, 0.6) is 0 Å². The largest absolute Gasteiger partial charge is 0.416 e. The Morgan fingerprint density at radius 3 is 2.62 bits per heavy atom. The minimum absolute atomic E-state index is 0.169. The van der Waals surface area contributed by atoms with Crippen molar-refractivity contribution in [1.82, 2.24) is 4.98 Å². The molecule has 1 aromatic carbocycles. The summed E-state index contributed by atoms with van der Waals surface area (Å²) in [5, 5.41) is 3.26. The van der Waals surface area contributed by atoms with Gasteiger partial charge in [0.2, 0.25) is 5.91 Å². The lowest BCUT2D eigenvalue weighted by Crippen LogP contribution is -2.26. The molecule has 0 unspecified atom stereocenters. The molecule has 1 aliphatic heterocycles. The lowest BCUT2D eigenvalue weighted by molar-refractivity contribution is -0.137. The lowest BCUT2D eigenvalue weighted by Gasteiger charge is -2.19.